The summed E-state index contributed by atoms with van der Waals surface area (Å²) < 4.78 is 17.9. The predicted octanol–water partition coefficient (Wildman–Crippen LogP) is 6.21. The maximum absolute atomic E-state index is 13.1. The summed E-state index contributed by atoms with van der Waals surface area (Å²) in [7, 11) is 1.67. The zero-order valence-electron chi connectivity index (χ0n) is 24.6. The van der Waals surface area contributed by atoms with E-state index < -0.39 is 11.5 Å². The van der Waals surface area contributed by atoms with Crippen molar-refractivity contribution in [3.63, 3.8) is 0 Å². The van der Waals surface area contributed by atoms with E-state index >= 15 is 0 Å². The largest absolute Gasteiger partial charge is 0.493 e. The van der Waals surface area contributed by atoms with Crippen LogP contribution in [0.15, 0.2) is 48.5 Å². The molecule has 1 N–H and O–H groups in total. The number of hydrogen-bond acceptors (Lipinski definition) is 5. The third-order valence-electron chi connectivity index (χ3n) is 9.16. The van der Waals surface area contributed by atoms with E-state index in [0.717, 1.165) is 41.4 Å². The van der Waals surface area contributed by atoms with Crippen LogP contribution in [0.1, 0.15) is 77.3 Å². The standard InChI is InChI=1S/C33H47NO5/c1-23(35)33(5)22-34(31(36)21-38-20-24-10-8-7-9-11-24)19-28(33)25-12-17-29(37-6)30(18-25)39-27-15-13-26(14-16-27)32(2,3)4/h7-12,17-18,23,26-28,35H,13-16,19-22H2,1-6H3/t23-,26?,27?,28?,33?/m1/s1. The van der Waals surface area contributed by atoms with Crippen molar-refractivity contribution in [1.82, 2.24) is 4.90 Å². The summed E-state index contributed by atoms with van der Waals surface area (Å²) in [5.41, 5.74) is 1.92. The Bertz CT molecular complexity index is 1090. The van der Waals surface area contributed by atoms with Gasteiger partial charge in [-0.1, -0.05) is 64.1 Å². The van der Waals surface area contributed by atoms with E-state index in [1.54, 1.807) is 7.11 Å². The molecule has 4 rings (SSSR count). The third kappa shape index (κ3) is 6.96. The van der Waals surface area contributed by atoms with Crippen molar-refractivity contribution in [2.45, 2.75) is 85.0 Å². The lowest BCUT2D eigenvalue weighted by Crippen LogP contribution is -2.38. The van der Waals surface area contributed by atoms with Crippen LogP contribution in [0.2, 0.25) is 0 Å². The number of hydrogen-bond donors (Lipinski definition) is 1. The van der Waals surface area contributed by atoms with E-state index in [-0.39, 0.29) is 24.5 Å². The minimum atomic E-state index is -0.593. The van der Waals surface area contributed by atoms with Crippen molar-refractivity contribution < 1.29 is 24.1 Å². The van der Waals surface area contributed by atoms with E-state index in [1.165, 1.54) is 12.8 Å². The number of likely N-dealkylation sites (tertiary alicyclic amines) is 1. The lowest BCUT2D eigenvalue weighted by Gasteiger charge is -2.37. The van der Waals surface area contributed by atoms with Gasteiger partial charge in [0, 0.05) is 24.4 Å². The average Bonchev–Trinajstić information content (AvgIpc) is 3.28. The average molecular weight is 538 g/mol. The maximum atomic E-state index is 13.1. The molecule has 0 bridgehead atoms. The second kappa shape index (κ2) is 12.3. The first-order chi connectivity index (χ1) is 18.5. The first-order valence-electron chi connectivity index (χ1n) is 14.4. The summed E-state index contributed by atoms with van der Waals surface area (Å²) in [4.78, 5) is 15.0. The highest BCUT2D eigenvalue weighted by Crippen LogP contribution is 2.47. The maximum Gasteiger partial charge on any atom is 0.248 e. The van der Waals surface area contributed by atoms with E-state index in [2.05, 4.69) is 33.8 Å². The summed E-state index contributed by atoms with van der Waals surface area (Å²) in [6.45, 7) is 12.3. The molecule has 1 heterocycles. The van der Waals surface area contributed by atoms with Gasteiger partial charge in [-0.2, -0.15) is 0 Å². The predicted molar refractivity (Wildman–Crippen MR) is 154 cm³/mol. The van der Waals surface area contributed by atoms with Gasteiger partial charge in [-0.15, -0.1) is 0 Å². The summed E-state index contributed by atoms with van der Waals surface area (Å²) in [6, 6.07) is 15.9. The number of ether oxygens (including phenoxy) is 3. The van der Waals surface area contributed by atoms with Crippen LogP contribution >= 0.6 is 0 Å². The van der Waals surface area contributed by atoms with E-state index in [1.807, 2.05) is 54.3 Å². The molecule has 6 nitrogen and oxygen atoms in total. The topological polar surface area (TPSA) is 68.2 Å². The van der Waals surface area contributed by atoms with Crippen molar-refractivity contribution in [2.75, 3.05) is 26.8 Å². The molecule has 2 aromatic rings. The molecule has 1 aliphatic carbocycles. The van der Waals surface area contributed by atoms with E-state index in [4.69, 9.17) is 14.2 Å². The quantitative estimate of drug-likeness (QED) is 0.412. The zero-order valence-corrected chi connectivity index (χ0v) is 24.6. The minimum Gasteiger partial charge on any atom is -0.493 e. The first-order valence-corrected chi connectivity index (χ1v) is 14.4. The fourth-order valence-electron chi connectivity index (χ4n) is 6.26. The van der Waals surface area contributed by atoms with Gasteiger partial charge in [-0.3, -0.25) is 4.79 Å². The molecule has 1 saturated heterocycles. The van der Waals surface area contributed by atoms with Gasteiger partial charge < -0.3 is 24.2 Å². The lowest BCUT2D eigenvalue weighted by molar-refractivity contribution is -0.136. The van der Waals surface area contributed by atoms with E-state index in [0.29, 0.717) is 25.1 Å². The van der Waals surface area contributed by atoms with Crippen LogP contribution in [0.5, 0.6) is 11.5 Å². The SMILES string of the molecule is COc1ccc(C2CN(C(=O)COCc3ccccc3)CC2(C)[C@@H](C)O)cc1OC1CCC(C(C)(C)C)CC1. The molecule has 1 amide bonds. The summed E-state index contributed by atoms with van der Waals surface area (Å²) in [5.74, 6) is 2.09. The highest BCUT2D eigenvalue weighted by Gasteiger charge is 2.48. The molecule has 0 aromatic heterocycles. The molecule has 0 spiro atoms. The van der Waals surface area contributed by atoms with Crippen molar-refractivity contribution >= 4 is 5.91 Å². The second-order valence-corrected chi connectivity index (χ2v) is 12.9. The number of carbonyl (C=O) groups is 1. The monoisotopic (exact) mass is 537 g/mol. The Labute approximate surface area is 234 Å². The van der Waals surface area contributed by atoms with Crippen LogP contribution in [0, 0.1) is 16.7 Å². The Morgan fingerprint density at radius 3 is 2.38 bits per heavy atom. The highest BCUT2D eigenvalue weighted by molar-refractivity contribution is 5.78. The van der Waals surface area contributed by atoms with Crippen LogP contribution < -0.4 is 9.47 Å². The number of rotatable bonds is 9. The Hall–Kier alpha value is -2.57. The molecular formula is C33H47NO5. The van der Waals surface area contributed by atoms with Gasteiger partial charge in [0.1, 0.15) is 6.61 Å². The Balaban J connectivity index is 1.46. The number of nitrogens with zero attached hydrogens (tertiary/aromatic N) is 1. The smallest absolute Gasteiger partial charge is 0.248 e. The molecule has 1 saturated carbocycles. The summed E-state index contributed by atoms with van der Waals surface area (Å²) in [5, 5.41) is 10.9. The van der Waals surface area contributed by atoms with Gasteiger partial charge in [0.25, 0.3) is 0 Å². The molecule has 6 heteroatoms. The van der Waals surface area contributed by atoms with Gasteiger partial charge in [0.15, 0.2) is 11.5 Å². The summed E-state index contributed by atoms with van der Waals surface area (Å²) >= 11 is 0. The summed E-state index contributed by atoms with van der Waals surface area (Å²) in [6.07, 6.45) is 3.99. The number of aliphatic hydroxyl groups excluding tert-OH is 1. The van der Waals surface area contributed by atoms with Crippen LogP contribution in [-0.2, 0) is 16.1 Å². The normalized spacial score (nSPS) is 26.3. The van der Waals surface area contributed by atoms with Crippen LogP contribution in [0.3, 0.4) is 0 Å². The van der Waals surface area contributed by atoms with Crippen molar-refractivity contribution in [2.24, 2.45) is 16.7 Å². The molecule has 2 unspecified atom stereocenters. The molecule has 1 aliphatic heterocycles. The first kappa shape index (κ1) is 29.4. The number of carbonyl (C=O) groups excluding carboxylic acids is 1. The Morgan fingerprint density at radius 1 is 1.08 bits per heavy atom. The molecule has 2 aromatic carbocycles. The van der Waals surface area contributed by atoms with Crippen LogP contribution in [0.4, 0.5) is 0 Å². The number of benzene rings is 2. The Morgan fingerprint density at radius 2 is 1.77 bits per heavy atom. The molecule has 0 radical (unpaired) electrons. The number of aliphatic hydroxyl groups is 1. The van der Waals surface area contributed by atoms with Crippen LogP contribution in [0.25, 0.3) is 0 Å². The minimum absolute atomic E-state index is 0.0196. The fraction of sp³-hybridized carbons (Fsp3) is 0.606. The molecule has 3 atom stereocenters. The van der Waals surface area contributed by atoms with Crippen LogP contribution in [-0.4, -0.2) is 54.9 Å². The number of methoxy groups -OCH3 is 1. The lowest BCUT2D eigenvalue weighted by atomic mass is 9.72. The van der Waals surface area contributed by atoms with Gasteiger partial charge >= 0.3 is 0 Å². The van der Waals surface area contributed by atoms with Gasteiger partial charge in [0.2, 0.25) is 5.91 Å². The number of amides is 1. The van der Waals surface area contributed by atoms with E-state index in [9.17, 15) is 9.90 Å². The van der Waals surface area contributed by atoms with Gasteiger partial charge in [0.05, 0.1) is 25.9 Å². The third-order valence-corrected chi connectivity index (χ3v) is 9.16. The van der Waals surface area contributed by atoms with Crippen molar-refractivity contribution in [3.8, 4) is 11.5 Å². The molecular weight excluding hydrogens is 490 g/mol. The Kier molecular flexibility index (Phi) is 9.28. The van der Waals surface area contributed by atoms with Crippen molar-refractivity contribution in [3.05, 3.63) is 59.7 Å². The molecule has 2 aliphatic rings. The molecule has 39 heavy (non-hydrogen) atoms. The highest BCUT2D eigenvalue weighted by atomic mass is 16.5. The molecule has 214 valence electrons. The second-order valence-electron chi connectivity index (χ2n) is 12.9. The fourth-order valence-corrected chi connectivity index (χ4v) is 6.26. The van der Waals surface area contributed by atoms with Gasteiger partial charge in [-0.25, -0.2) is 0 Å². The van der Waals surface area contributed by atoms with Gasteiger partial charge in [-0.05, 0) is 67.2 Å². The van der Waals surface area contributed by atoms with Crippen molar-refractivity contribution in [1.29, 1.82) is 0 Å². The zero-order chi connectivity index (χ0) is 28.2. The molecule has 2 fully saturated rings.